The molecular weight excluding hydrogens is 239 g/mol. The van der Waals surface area contributed by atoms with Crippen molar-refractivity contribution in [3.8, 4) is 0 Å². The van der Waals surface area contributed by atoms with Gasteiger partial charge in [0.15, 0.2) is 5.69 Å². The fraction of sp³-hybridized carbons (Fsp3) is 0.556. The third-order valence-corrected chi connectivity index (χ3v) is 2.66. The van der Waals surface area contributed by atoms with E-state index in [0.717, 1.165) is 4.57 Å². The molecule has 2 rings (SSSR count). The summed E-state index contributed by atoms with van der Waals surface area (Å²) in [6.45, 7) is 2.03. The number of aromatic carboxylic acids is 1. The molecule has 0 aliphatic carbocycles. The van der Waals surface area contributed by atoms with E-state index in [4.69, 9.17) is 5.11 Å². The Kier molecular flexibility index (Phi) is 2.61. The lowest BCUT2D eigenvalue weighted by Gasteiger charge is -2.24. The molecule has 8 heteroatoms. The molecule has 0 bridgehead atoms. The summed E-state index contributed by atoms with van der Waals surface area (Å²) in [5.41, 5.74) is -0.451. The maximum Gasteiger partial charge on any atom is 0.449 e. The molecule has 2 N–H and O–H groups in total. The molecule has 1 aliphatic heterocycles. The molecule has 1 aromatic rings. The molecule has 1 aliphatic rings. The van der Waals surface area contributed by atoms with Crippen molar-refractivity contribution in [3.05, 3.63) is 17.2 Å². The summed E-state index contributed by atoms with van der Waals surface area (Å²) in [6, 6.07) is -0.460. The summed E-state index contributed by atoms with van der Waals surface area (Å²) in [5.74, 6) is -2.59. The Morgan fingerprint density at radius 2 is 2.24 bits per heavy atom. The third-order valence-electron chi connectivity index (χ3n) is 2.66. The molecule has 0 aromatic carbocycles. The zero-order valence-corrected chi connectivity index (χ0v) is 8.88. The van der Waals surface area contributed by atoms with Crippen LogP contribution < -0.4 is 5.32 Å². The first-order valence-corrected chi connectivity index (χ1v) is 4.96. The first-order valence-electron chi connectivity index (χ1n) is 4.96. The first kappa shape index (κ1) is 11.9. The van der Waals surface area contributed by atoms with Crippen molar-refractivity contribution in [2.75, 3.05) is 6.54 Å². The highest BCUT2D eigenvalue weighted by molar-refractivity contribution is 5.87. The van der Waals surface area contributed by atoms with Gasteiger partial charge in [0.25, 0.3) is 0 Å². The van der Waals surface area contributed by atoms with Crippen LogP contribution >= 0.6 is 0 Å². The maximum atomic E-state index is 12.7. The van der Waals surface area contributed by atoms with Crippen LogP contribution in [0.2, 0.25) is 0 Å². The number of carboxylic acid groups (broad SMARTS) is 1. The molecule has 1 aromatic heterocycles. The van der Waals surface area contributed by atoms with Crippen molar-refractivity contribution < 1.29 is 23.1 Å². The van der Waals surface area contributed by atoms with Crippen LogP contribution in [0.15, 0.2) is 0 Å². The Morgan fingerprint density at radius 1 is 1.59 bits per heavy atom. The summed E-state index contributed by atoms with van der Waals surface area (Å²) >= 11 is 0. The molecule has 94 valence electrons. The zero-order valence-electron chi connectivity index (χ0n) is 8.88. The van der Waals surface area contributed by atoms with E-state index in [1.165, 1.54) is 0 Å². The standard InChI is InChI=1S/C9H10F3N3O2/c1-4-6-5(7(16)17)14-8(9(10,11)12)15(6)3-2-13-4/h4,13H,2-3H2,1H3,(H,16,17)/t4-/m0/s1. The van der Waals surface area contributed by atoms with E-state index < -0.39 is 29.7 Å². The van der Waals surface area contributed by atoms with E-state index in [0.29, 0.717) is 6.54 Å². The normalized spacial score (nSPS) is 20.1. The second kappa shape index (κ2) is 3.73. The number of fused-ring (bicyclic) bond motifs is 1. The molecule has 17 heavy (non-hydrogen) atoms. The highest BCUT2D eigenvalue weighted by Gasteiger charge is 2.41. The number of nitrogens with zero attached hydrogens (tertiary/aromatic N) is 2. The van der Waals surface area contributed by atoms with Crippen LogP contribution in [0.5, 0.6) is 0 Å². The van der Waals surface area contributed by atoms with Crippen LogP contribution in [0.25, 0.3) is 0 Å². The van der Waals surface area contributed by atoms with Gasteiger partial charge in [0.05, 0.1) is 5.69 Å². The highest BCUT2D eigenvalue weighted by Crippen LogP contribution is 2.33. The number of alkyl halides is 3. The number of hydrogen-bond acceptors (Lipinski definition) is 3. The van der Waals surface area contributed by atoms with Crippen LogP contribution in [0.1, 0.15) is 35.0 Å². The number of nitrogens with one attached hydrogen (secondary N) is 1. The van der Waals surface area contributed by atoms with Gasteiger partial charge in [-0.3, -0.25) is 0 Å². The lowest BCUT2D eigenvalue weighted by molar-refractivity contribution is -0.147. The largest absolute Gasteiger partial charge is 0.476 e. The number of carboxylic acids is 1. The van der Waals surface area contributed by atoms with Crippen LogP contribution in [0, 0.1) is 0 Å². The first-order chi connectivity index (χ1) is 7.82. The Balaban J connectivity index is 2.65. The van der Waals surface area contributed by atoms with Gasteiger partial charge in [0.2, 0.25) is 5.82 Å². The number of aromatic nitrogens is 2. The number of imidazole rings is 1. The Hall–Kier alpha value is -1.57. The Labute approximate surface area is 94.3 Å². The minimum absolute atomic E-state index is 0.0643. The van der Waals surface area contributed by atoms with Crippen molar-refractivity contribution in [1.29, 1.82) is 0 Å². The van der Waals surface area contributed by atoms with E-state index in [1.807, 2.05) is 0 Å². The predicted molar refractivity (Wildman–Crippen MR) is 50.6 cm³/mol. The summed E-state index contributed by atoms with van der Waals surface area (Å²) in [5, 5.41) is 11.8. The molecule has 0 amide bonds. The molecule has 0 saturated heterocycles. The molecule has 5 nitrogen and oxygen atoms in total. The maximum absolute atomic E-state index is 12.7. The van der Waals surface area contributed by atoms with Crippen molar-refractivity contribution in [1.82, 2.24) is 14.9 Å². The van der Waals surface area contributed by atoms with Gasteiger partial charge in [-0.1, -0.05) is 0 Å². The van der Waals surface area contributed by atoms with Gasteiger partial charge in [0, 0.05) is 19.1 Å². The zero-order chi connectivity index (χ0) is 12.8. The topological polar surface area (TPSA) is 67.2 Å². The van der Waals surface area contributed by atoms with Gasteiger partial charge in [-0.2, -0.15) is 13.2 Å². The van der Waals surface area contributed by atoms with Crippen molar-refractivity contribution in [2.45, 2.75) is 25.7 Å². The molecule has 0 unspecified atom stereocenters. The molecule has 0 saturated carbocycles. The smallest absolute Gasteiger partial charge is 0.449 e. The molecule has 2 heterocycles. The minimum atomic E-state index is -4.64. The van der Waals surface area contributed by atoms with Crippen LogP contribution in [-0.2, 0) is 12.7 Å². The van der Waals surface area contributed by atoms with Gasteiger partial charge in [-0.15, -0.1) is 0 Å². The molecule has 0 fully saturated rings. The number of carbonyl (C=O) groups is 1. The van der Waals surface area contributed by atoms with Crippen molar-refractivity contribution >= 4 is 5.97 Å². The van der Waals surface area contributed by atoms with Crippen LogP contribution in [-0.4, -0.2) is 27.2 Å². The second-order valence-corrected chi connectivity index (χ2v) is 3.80. The number of halogens is 3. The fourth-order valence-electron chi connectivity index (χ4n) is 1.99. The Bertz CT molecular complexity index is 467. The van der Waals surface area contributed by atoms with Gasteiger partial charge < -0.3 is 15.0 Å². The van der Waals surface area contributed by atoms with E-state index in [1.54, 1.807) is 6.92 Å². The quantitative estimate of drug-likeness (QED) is 0.786. The highest BCUT2D eigenvalue weighted by atomic mass is 19.4. The lowest BCUT2D eigenvalue weighted by atomic mass is 10.1. The second-order valence-electron chi connectivity index (χ2n) is 3.80. The predicted octanol–water partition coefficient (Wildman–Crippen LogP) is 1.26. The van der Waals surface area contributed by atoms with Gasteiger partial charge in [-0.05, 0) is 6.92 Å². The van der Waals surface area contributed by atoms with Gasteiger partial charge >= 0.3 is 12.1 Å². The van der Waals surface area contributed by atoms with Gasteiger partial charge in [-0.25, -0.2) is 9.78 Å². The monoisotopic (exact) mass is 249 g/mol. The van der Waals surface area contributed by atoms with E-state index in [-0.39, 0.29) is 12.2 Å². The fourth-order valence-corrected chi connectivity index (χ4v) is 1.99. The number of rotatable bonds is 1. The summed E-state index contributed by atoms with van der Waals surface area (Å²) < 4.78 is 39.0. The molecule has 0 spiro atoms. The number of hydrogen-bond donors (Lipinski definition) is 2. The summed E-state index contributed by atoms with van der Waals surface area (Å²) in [6.07, 6.45) is -4.64. The minimum Gasteiger partial charge on any atom is -0.476 e. The third kappa shape index (κ3) is 1.88. The van der Waals surface area contributed by atoms with E-state index in [9.17, 15) is 18.0 Å². The van der Waals surface area contributed by atoms with E-state index >= 15 is 0 Å². The molecule has 0 radical (unpaired) electrons. The van der Waals surface area contributed by atoms with Crippen LogP contribution in [0.3, 0.4) is 0 Å². The van der Waals surface area contributed by atoms with Crippen molar-refractivity contribution in [3.63, 3.8) is 0 Å². The summed E-state index contributed by atoms with van der Waals surface area (Å²) in [4.78, 5) is 14.1. The Morgan fingerprint density at radius 3 is 2.76 bits per heavy atom. The SMILES string of the molecule is C[C@@H]1NCCn2c(C(F)(F)F)nc(C(=O)O)c21. The lowest BCUT2D eigenvalue weighted by Crippen LogP contribution is -2.34. The average molecular weight is 249 g/mol. The molecular formula is C9H10F3N3O2. The average Bonchev–Trinajstić information content (AvgIpc) is 2.57. The molecule has 1 atom stereocenters. The van der Waals surface area contributed by atoms with E-state index in [2.05, 4.69) is 10.3 Å². The van der Waals surface area contributed by atoms with Crippen molar-refractivity contribution in [2.24, 2.45) is 0 Å². The van der Waals surface area contributed by atoms with Crippen LogP contribution in [0.4, 0.5) is 13.2 Å². The summed E-state index contributed by atoms with van der Waals surface area (Å²) in [7, 11) is 0. The van der Waals surface area contributed by atoms with Gasteiger partial charge in [0.1, 0.15) is 0 Å².